The summed E-state index contributed by atoms with van der Waals surface area (Å²) in [5.74, 6) is 2.35. The molecule has 120 valence electrons. The molecule has 0 aliphatic rings. The van der Waals surface area contributed by atoms with Crippen LogP contribution >= 0.6 is 0 Å². The van der Waals surface area contributed by atoms with Gasteiger partial charge in [-0.1, -0.05) is 13.8 Å². The van der Waals surface area contributed by atoms with E-state index >= 15 is 0 Å². The van der Waals surface area contributed by atoms with Crippen LogP contribution in [-0.2, 0) is 16.1 Å². The average molecular weight is 296 g/mol. The van der Waals surface area contributed by atoms with E-state index in [9.17, 15) is 0 Å². The molecule has 0 amide bonds. The van der Waals surface area contributed by atoms with Crippen LogP contribution in [0.2, 0.25) is 0 Å². The molecule has 0 spiro atoms. The van der Waals surface area contributed by atoms with Crippen LogP contribution in [0.4, 0.5) is 11.6 Å². The van der Waals surface area contributed by atoms with Gasteiger partial charge in [0.05, 0.1) is 0 Å². The Morgan fingerprint density at radius 1 is 1.00 bits per heavy atom. The molecule has 0 radical (unpaired) electrons. The van der Waals surface area contributed by atoms with E-state index in [4.69, 9.17) is 9.47 Å². The standard InChI is InChI=1S/C15H28N4O2/c1-4-7-16-13-11-14(19-15(18-13)12-20-3)17-8-6-10-21-9-5-2/h11H,4-10,12H2,1-3H3,(H2,16,17,18,19). The minimum absolute atomic E-state index is 0.413. The van der Waals surface area contributed by atoms with Crippen LogP contribution in [0.25, 0.3) is 0 Å². The lowest BCUT2D eigenvalue weighted by Crippen LogP contribution is -2.11. The summed E-state index contributed by atoms with van der Waals surface area (Å²) in [6.07, 6.45) is 3.08. The lowest BCUT2D eigenvalue weighted by Gasteiger charge is -2.11. The van der Waals surface area contributed by atoms with Gasteiger partial charge in [-0.15, -0.1) is 0 Å². The van der Waals surface area contributed by atoms with Crippen molar-refractivity contribution in [3.05, 3.63) is 11.9 Å². The Kier molecular flexibility index (Phi) is 9.48. The Morgan fingerprint density at radius 3 is 2.33 bits per heavy atom. The zero-order chi connectivity index (χ0) is 15.3. The number of ether oxygens (including phenoxy) is 2. The third kappa shape index (κ3) is 7.82. The van der Waals surface area contributed by atoms with Crippen molar-refractivity contribution in [3.8, 4) is 0 Å². The van der Waals surface area contributed by atoms with E-state index in [-0.39, 0.29) is 0 Å². The number of hydrogen-bond donors (Lipinski definition) is 2. The second kappa shape index (κ2) is 11.3. The van der Waals surface area contributed by atoms with Crippen molar-refractivity contribution >= 4 is 11.6 Å². The number of nitrogens with one attached hydrogen (secondary N) is 2. The van der Waals surface area contributed by atoms with Crippen molar-refractivity contribution in [2.24, 2.45) is 0 Å². The molecule has 0 fully saturated rings. The zero-order valence-electron chi connectivity index (χ0n) is 13.4. The van der Waals surface area contributed by atoms with Crippen LogP contribution in [0.5, 0.6) is 0 Å². The van der Waals surface area contributed by atoms with E-state index in [1.165, 1.54) is 0 Å². The van der Waals surface area contributed by atoms with Crippen LogP contribution in [0.15, 0.2) is 6.07 Å². The van der Waals surface area contributed by atoms with Crippen LogP contribution in [-0.4, -0.2) is 43.4 Å². The van der Waals surface area contributed by atoms with E-state index in [0.29, 0.717) is 12.4 Å². The summed E-state index contributed by atoms with van der Waals surface area (Å²) in [7, 11) is 1.65. The lowest BCUT2D eigenvalue weighted by atomic mass is 10.4. The normalized spacial score (nSPS) is 10.6. The Labute approximate surface area is 127 Å². The number of methoxy groups -OCH3 is 1. The Morgan fingerprint density at radius 2 is 1.71 bits per heavy atom. The van der Waals surface area contributed by atoms with E-state index in [2.05, 4.69) is 34.4 Å². The second-order valence-corrected chi connectivity index (χ2v) is 4.81. The maximum Gasteiger partial charge on any atom is 0.158 e. The first-order valence-electron chi connectivity index (χ1n) is 7.72. The summed E-state index contributed by atoms with van der Waals surface area (Å²) in [6, 6.07) is 1.93. The summed E-state index contributed by atoms with van der Waals surface area (Å²) in [4.78, 5) is 8.85. The predicted octanol–water partition coefficient (Wildman–Crippen LogP) is 2.67. The molecule has 21 heavy (non-hydrogen) atoms. The van der Waals surface area contributed by atoms with Crippen LogP contribution in [0, 0.1) is 0 Å². The Hall–Kier alpha value is -1.40. The maximum atomic E-state index is 5.45. The highest BCUT2D eigenvalue weighted by molar-refractivity contribution is 5.47. The molecular weight excluding hydrogens is 268 g/mol. The lowest BCUT2D eigenvalue weighted by molar-refractivity contribution is 0.134. The Balaban J connectivity index is 2.48. The maximum absolute atomic E-state index is 5.45. The molecule has 1 aromatic rings. The molecule has 0 aromatic carbocycles. The van der Waals surface area contributed by atoms with Crippen molar-refractivity contribution in [1.82, 2.24) is 9.97 Å². The fourth-order valence-electron chi connectivity index (χ4n) is 1.76. The molecule has 0 unspecified atom stereocenters. The third-order valence-corrected chi connectivity index (χ3v) is 2.72. The van der Waals surface area contributed by atoms with Gasteiger partial charge in [0.15, 0.2) is 5.82 Å². The largest absolute Gasteiger partial charge is 0.381 e. The molecule has 0 aliphatic heterocycles. The molecule has 1 heterocycles. The summed E-state index contributed by atoms with van der Waals surface area (Å²) in [5, 5.41) is 6.59. The summed E-state index contributed by atoms with van der Waals surface area (Å²) < 4.78 is 10.6. The number of hydrogen-bond acceptors (Lipinski definition) is 6. The summed E-state index contributed by atoms with van der Waals surface area (Å²) >= 11 is 0. The van der Waals surface area contributed by atoms with Gasteiger partial charge in [0.2, 0.25) is 0 Å². The van der Waals surface area contributed by atoms with E-state index in [0.717, 1.165) is 57.2 Å². The van der Waals surface area contributed by atoms with Gasteiger partial charge in [-0.2, -0.15) is 0 Å². The minimum Gasteiger partial charge on any atom is -0.381 e. The minimum atomic E-state index is 0.413. The third-order valence-electron chi connectivity index (χ3n) is 2.72. The number of anilines is 2. The van der Waals surface area contributed by atoms with Gasteiger partial charge in [-0.25, -0.2) is 9.97 Å². The highest BCUT2D eigenvalue weighted by Crippen LogP contribution is 2.12. The molecule has 0 atom stereocenters. The molecule has 0 bridgehead atoms. The molecule has 6 heteroatoms. The zero-order valence-corrected chi connectivity index (χ0v) is 13.4. The molecule has 2 N–H and O–H groups in total. The van der Waals surface area contributed by atoms with E-state index in [1.807, 2.05) is 6.07 Å². The average Bonchev–Trinajstić information content (AvgIpc) is 2.49. The van der Waals surface area contributed by atoms with Crippen molar-refractivity contribution in [2.45, 2.75) is 39.7 Å². The topological polar surface area (TPSA) is 68.3 Å². The fourth-order valence-corrected chi connectivity index (χ4v) is 1.76. The molecule has 0 saturated heterocycles. The van der Waals surface area contributed by atoms with Crippen molar-refractivity contribution < 1.29 is 9.47 Å². The van der Waals surface area contributed by atoms with Gasteiger partial charge in [0, 0.05) is 39.5 Å². The number of rotatable bonds is 12. The smallest absolute Gasteiger partial charge is 0.158 e. The first-order valence-corrected chi connectivity index (χ1v) is 7.72. The molecule has 6 nitrogen and oxygen atoms in total. The number of nitrogens with zero attached hydrogens (tertiary/aromatic N) is 2. The van der Waals surface area contributed by atoms with Crippen LogP contribution < -0.4 is 10.6 Å². The van der Waals surface area contributed by atoms with Crippen molar-refractivity contribution in [2.75, 3.05) is 44.0 Å². The van der Waals surface area contributed by atoms with Crippen molar-refractivity contribution in [3.63, 3.8) is 0 Å². The van der Waals surface area contributed by atoms with Gasteiger partial charge in [0.25, 0.3) is 0 Å². The monoisotopic (exact) mass is 296 g/mol. The summed E-state index contributed by atoms with van der Waals surface area (Å²) in [6.45, 7) is 7.99. The molecule has 0 aliphatic carbocycles. The van der Waals surface area contributed by atoms with Crippen molar-refractivity contribution in [1.29, 1.82) is 0 Å². The number of aromatic nitrogens is 2. The van der Waals surface area contributed by atoms with Gasteiger partial charge in [-0.3, -0.25) is 0 Å². The van der Waals surface area contributed by atoms with Gasteiger partial charge >= 0.3 is 0 Å². The molecule has 0 saturated carbocycles. The Bertz CT molecular complexity index is 388. The fraction of sp³-hybridized carbons (Fsp3) is 0.733. The summed E-state index contributed by atoms with van der Waals surface area (Å²) in [5.41, 5.74) is 0. The molecular formula is C15H28N4O2. The molecule has 1 rings (SSSR count). The first kappa shape index (κ1) is 17.7. The van der Waals surface area contributed by atoms with E-state index < -0.39 is 0 Å². The van der Waals surface area contributed by atoms with Gasteiger partial charge in [0.1, 0.15) is 18.2 Å². The molecule has 1 aromatic heterocycles. The quantitative estimate of drug-likeness (QED) is 0.578. The van der Waals surface area contributed by atoms with Gasteiger partial charge < -0.3 is 20.1 Å². The van der Waals surface area contributed by atoms with Crippen LogP contribution in [0.3, 0.4) is 0 Å². The second-order valence-electron chi connectivity index (χ2n) is 4.81. The van der Waals surface area contributed by atoms with Gasteiger partial charge in [-0.05, 0) is 19.3 Å². The highest BCUT2D eigenvalue weighted by atomic mass is 16.5. The first-order chi connectivity index (χ1) is 10.3. The SMILES string of the molecule is CCCNc1cc(NCCCOCCC)nc(COC)n1. The van der Waals surface area contributed by atoms with Crippen LogP contribution in [0.1, 0.15) is 38.9 Å². The van der Waals surface area contributed by atoms with E-state index in [1.54, 1.807) is 7.11 Å². The predicted molar refractivity (Wildman–Crippen MR) is 85.7 cm³/mol. The highest BCUT2D eigenvalue weighted by Gasteiger charge is 2.04.